The topological polar surface area (TPSA) is 29.1 Å². The van der Waals surface area contributed by atoms with Crippen molar-refractivity contribution in [1.29, 1.82) is 0 Å². The van der Waals surface area contributed by atoms with Crippen LogP contribution in [0.2, 0.25) is 0 Å². The number of nitrogens with one attached hydrogen (secondary N) is 1. The molecule has 0 radical (unpaired) electrons. The number of halogens is 1. The molecular formula is C13H18ClNO. The van der Waals surface area contributed by atoms with E-state index in [1.54, 1.807) is 0 Å². The molecule has 0 aromatic heterocycles. The van der Waals surface area contributed by atoms with Crippen molar-refractivity contribution in [3.8, 4) is 0 Å². The molecule has 2 nitrogen and oxygen atoms in total. The Morgan fingerprint density at radius 3 is 2.44 bits per heavy atom. The van der Waals surface area contributed by atoms with Gasteiger partial charge in [0.2, 0.25) is 5.91 Å². The standard InChI is InChI=1S/C13H18ClNO/c1-2-11-5-7-12(8-6-11)10-15-13(16)4-3-9-14/h5-8H,2-4,9-10H2,1H3,(H,15,16). The molecule has 16 heavy (non-hydrogen) atoms. The number of alkyl halides is 1. The first-order valence-electron chi connectivity index (χ1n) is 5.66. The van der Waals surface area contributed by atoms with E-state index in [2.05, 4.69) is 36.5 Å². The van der Waals surface area contributed by atoms with Gasteiger partial charge in [0.05, 0.1) is 0 Å². The Labute approximate surface area is 102 Å². The van der Waals surface area contributed by atoms with Crippen molar-refractivity contribution in [1.82, 2.24) is 5.32 Å². The van der Waals surface area contributed by atoms with Crippen LogP contribution < -0.4 is 5.32 Å². The summed E-state index contributed by atoms with van der Waals surface area (Å²) in [5.41, 5.74) is 2.45. The number of amides is 1. The molecule has 0 saturated carbocycles. The molecule has 1 amide bonds. The normalized spacial score (nSPS) is 10.1. The van der Waals surface area contributed by atoms with Crippen molar-refractivity contribution >= 4 is 17.5 Å². The fourth-order valence-corrected chi connectivity index (χ4v) is 1.54. The van der Waals surface area contributed by atoms with Gasteiger partial charge in [0.25, 0.3) is 0 Å². The lowest BCUT2D eigenvalue weighted by Crippen LogP contribution is -2.22. The number of benzene rings is 1. The molecule has 1 aromatic carbocycles. The van der Waals surface area contributed by atoms with E-state index in [0.29, 0.717) is 18.8 Å². The van der Waals surface area contributed by atoms with E-state index in [0.717, 1.165) is 18.4 Å². The van der Waals surface area contributed by atoms with Crippen molar-refractivity contribution in [2.75, 3.05) is 5.88 Å². The van der Waals surface area contributed by atoms with Gasteiger partial charge in [-0.2, -0.15) is 0 Å². The molecule has 1 N–H and O–H groups in total. The predicted molar refractivity (Wildman–Crippen MR) is 67.6 cm³/mol. The van der Waals surface area contributed by atoms with Crippen LogP contribution in [0.3, 0.4) is 0 Å². The summed E-state index contributed by atoms with van der Waals surface area (Å²) < 4.78 is 0. The van der Waals surface area contributed by atoms with Crippen molar-refractivity contribution in [3.05, 3.63) is 35.4 Å². The maximum atomic E-state index is 11.3. The summed E-state index contributed by atoms with van der Waals surface area (Å²) in [5, 5.41) is 2.87. The first-order valence-corrected chi connectivity index (χ1v) is 6.20. The second kappa shape index (κ2) is 7.29. The highest BCUT2D eigenvalue weighted by Crippen LogP contribution is 2.04. The number of aryl methyl sites for hydroxylation is 1. The van der Waals surface area contributed by atoms with Crippen LogP contribution in [-0.2, 0) is 17.8 Å². The van der Waals surface area contributed by atoms with E-state index in [1.165, 1.54) is 5.56 Å². The van der Waals surface area contributed by atoms with Crippen LogP contribution in [0.4, 0.5) is 0 Å². The van der Waals surface area contributed by atoms with Gasteiger partial charge in [-0.25, -0.2) is 0 Å². The first kappa shape index (κ1) is 13.0. The second-order valence-electron chi connectivity index (χ2n) is 3.74. The lowest BCUT2D eigenvalue weighted by Gasteiger charge is -2.05. The molecule has 0 saturated heterocycles. The highest BCUT2D eigenvalue weighted by Gasteiger charge is 2.00. The number of carbonyl (C=O) groups excluding carboxylic acids is 1. The van der Waals surface area contributed by atoms with Gasteiger partial charge in [-0.05, 0) is 24.0 Å². The van der Waals surface area contributed by atoms with Crippen LogP contribution in [0.15, 0.2) is 24.3 Å². The van der Waals surface area contributed by atoms with Crippen LogP contribution in [0.25, 0.3) is 0 Å². The molecule has 1 aromatic rings. The van der Waals surface area contributed by atoms with Crippen molar-refractivity contribution in [2.45, 2.75) is 32.7 Å². The Balaban J connectivity index is 2.33. The van der Waals surface area contributed by atoms with Crippen molar-refractivity contribution in [3.63, 3.8) is 0 Å². The molecule has 0 aliphatic rings. The van der Waals surface area contributed by atoms with Gasteiger partial charge < -0.3 is 5.32 Å². The van der Waals surface area contributed by atoms with Gasteiger partial charge >= 0.3 is 0 Å². The Hall–Kier alpha value is -1.02. The van der Waals surface area contributed by atoms with Crippen LogP contribution in [0.1, 0.15) is 30.9 Å². The Bertz CT molecular complexity index is 321. The molecule has 0 atom stereocenters. The molecule has 0 aliphatic heterocycles. The van der Waals surface area contributed by atoms with Gasteiger partial charge in [0.1, 0.15) is 0 Å². The molecule has 88 valence electrons. The maximum Gasteiger partial charge on any atom is 0.220 e. The molecular weight excluding hydrogens is 222 g/mol. The quantitative estimate of drug-likeness (QED) is 0.760. The summed E-state index contributed by atoms with van der Waals surface area (Å²) in [6.07, 6.45) is 2.29. The molecule has 0 fully saturated rings. The van der Waals surface area contributed by atoms with Gasteiger partial charge in [-0.1, -0.05) is 31.2 Å². The number of carbonyl (C=O) groups is 1. The van der Waals surface area contributed by atoms with Gasteiger partial charge in [-0.15, -0.1) is 11.6 Å². The Morgan fingerprint density at radius 2 is 1.88 bits per heavy atom. The molecule has 1 rings (SSSR count). The summed E-state index contributed by atoms with van der Waals surface area (Å²) in [5.74, 6) is 0.610. The lowest BCUT2D eigenvalue weighted by atomic mass is 10.1. The summed E-state index contributed by atoms with van der Waals surface area (Å²) >= 11 is 5.52. The molecule has 0 spiro atoms. The first-order chi connectivity index (χ1) is 7.76. The monoisotopic (exact) mass is 239 g/mol. The zero-order valence-corrected chi connectivity index (χ0v) is 10.4. The second-order valence-corrected chi connectivity index (χ2v) is 4.12. The number of hydrogen-bond donors (Lipinski definition) is 1. The zero-order valence-electron chi connectivity index (χ0n) is 9.63. The molecule has 0 bridgehead atoms. The third kappa shape index (κ3) is 4.67. The van der Waals surface area contributed by atoms with Gasteiger partial charge in [0.15, 0.2) is 0 Å². The molecule has 0 aliphatic carbocycles. The van der Waals surface area contributed by atoms with E-state index in [1.807, 2.05) is 0 Å². The summed E-state index contributed by atoms with van der Waals surface area (Å²) in [6.45, 7) is 2.73. The average molecular weight is 240 g/mol. The SMILES string of the molecule is CCc1ccc(CNC(=O)CCCCl)cc1. The third-order valence-electron chi connectivity index (χ3n) is 2.46. The van der Waals surface area contributed by atoms with E-state index in [-0.39, 0.29) is 5.91 Å². The van der Waals surface area contributed by atoms with E-state index in [9.17, 15) is 4.79 Å². The molecule has 3 heteroatoms. The van der Waals surface area contributed by atoms with Crippen LogP contribution in [-0.4, -0.2) is 11.8 Å². The van der Waals surface area contributed by atoms with Crippen LogP contribution in [0, 0.1) is 0 Å². The highest BCUT2D eigenvalue weighted by atomic mass is 35.5. The van der Waals surface area contributed by atoms with Crippen molar-refractivity contribution in [2.24, 2.45) is 0 Å². The van der Waals surface area contributed by atoms with E-state index in [4.69, 9.17) is 11.6 Å². The van der Waals surface area contributed by atoms with Crippen LogP contribution >= 0.6 is 11.6 Å². The molecule has 0 unspecified atom stereocenters. The Morgan fingerprint density at radius 1 is 1.25 bits per heavy atom. The minimum atomic E-state index is 0.0696. The van der Waals surface area contributed by atoms with Crippen LogP contribution in [0.5, 0.6) is 0 Å². The number of hydrogen-bond acceptors (Lipinski definition) is 1. The molecule has 0 heterocycles. The van der Waals surface area contributed by atoms with Gasteiger partial charge in [-0.3, -0.25) is 4.79 Å². The fraction of sp³-hybridized carbons (Fsp3) is 0.462. The average Bonchev–Trinajstić information content (AvgIpc) is 2.34. The highest BCUT2D eigenvalue weighted by molar-refractivity contribution is 6.17. The maximum absolute atomic E-state index is 11.3. The van der Waals surface area contributed by atoms with Crippen molar-refractivity contribution < 1.29 is 4.79 Å². The number of rotatable bonds is 6. The summed E-state index contributed by atoms with van der Waals surface area (Å²) in [6, 6.07) is 8.31. The zero-order chi connectivity index (χ0) is 11.8. The lowest BCUT2D eigenvalue weighted by molar-refractivity contribution is -0.121. The largest absolute Gasteiger partial charge is 0.352 e. The minimum Gasteiger partial charge on any atom is -0.352 e. The Kier molecular flexibility index (Phi) is 5.94. The smallest absolute Gasteiger partial charge is 0.220 e. The third-order valence-corrected chi connectivity index (χ3v) is 2.73. The minimum absolute atomic E-state index is 0.0696. The van der Waals surface area contributed by atoms with E-state index < -0.39 is 0 Å². The summed E-state index contributed by atoms with van der Waals surface area (Å²) in [4.78, 5) is 11.3. The summed E-state index contributed by atoms with van der Waals surface area (Å²) in [7, 11) is 0. The van der Waals surface area contributed by atoms with Gasteiger partial charge in [0, 0.05) is 18.8 Å². The van der Waals surface area contributed by atoms with E-state index >= 15 is 0 Å². The fourth-order valence-electron chi connectivity index (χ4n) is 1.41. The predicted octanol–water partition coefficient (Wildman–Crippen LogP) is 2.88.